The Labute approximate surface area is 384 Å². The predicted octanol–water partition coefficient (Wildman–Crippen LogP) is 14.7. The maximum atomic E-state index is 6.63. The number of ether oxygens (including phenoxy) is 2. The molecule has 65 heavy (non-hydrogen) atoms. The Morgan fingerprint density at radius 1 is 0.554 bits per heavy atom. The van der Waals surface area contributed by atoms with E-state index in [0.717, 1.165) is 85.3 Å². The third-order valence-corrected chi connectivity index (χ3v) is 13.8. The number of hydrogen-bond acceptors (Lipinski definition) is 5. The molecule has 0 bridgehead atoms. The SMILES string of the molecule is Cc1cc(-c2cc3c(cc2Nc2ccccc2)Oc2ccccc2OC3)c2c(c1)N(c1cc3c(cc1C)C(C)(C)CCC3(C)C)c1cc(N(c3ccccc3)c3ccccc3)ccc1[B]2. The highest BCUT2D eigenvalue weighted by atomic mass is 16.5. The fourth-order valence-corrected chi connectivity index (χ4v) is 10.2. The summed E-state index contributed by atoms with van der Waals surface area (Å²) in [4.78, 5) is 4.92. The third-order valence-electron chi connectivity index (χ3n) is 13.8. The van der Waals surface area contributed by atoms with Gasteiger partial charge in [-0.15, -0.1) is 0 Å². The second-order valence-electron chi connectivity index (χ2n) is 19.3. The van der Waals surface area contributed by atoms with Gasteiger partial charge < -0.3 is 24.6 Å². The molecule has 0 atom stereocenters. The largest absolute Gasteiger partial charge is 0.485 e. The maximum Gasteiger partial charge on any atom is 0.197 e. The number of benzene rings is 8. The molecule has 0 aromatic heterocycles. The van der Waals surface area contributed by atoms with E-state index in [1.165, 1.54) is 34.4 Å². The zero-order valence-corrected chi connectivity index (χ0v) is 38.1. The molecule has 11 rings (SSSR count). The van der Waals surface area contributed by atoms with Gasteiger partial charge in [-0.25, -0.2) is 0 Å². The van der Waals surface area contributed by atoms with Crippen molar-refractivity contribution < 1.29 is 9.47 Å². The van der Waals surface area contributed by atoms with E-state index in [0.29, 0.717) is 12.4 Å². The topological polar surface area (TPSA) is 37.0 Å². The fraction of sp³-hybridized carbons (Fsp3) is 0.186. The van der Waals surface area contributed by atoms with E-state index in [1.54, 1.807) is 0 Å². The lowest BCUT2D eigenvalue weighted by Gasteiger charge is -2.44. The zero-order chi connectivity index (χ0) is 44.5. The number of nitrogens with zero attached hydrogens (tertiary/aromatic N) is 2. The van der Waals surface area contributed by atoms with Crippen LogP contribution in [-0.4, -0.2) is 7.28 Å². The number of anilines is 8. The Balaban J connectivity index is 1.15. The molecule has 5 nitrogen and oxygen atoms in total. The molecular weight excluding hydrogens is 793 g/mol. The molecule has 0 fully saturated rings. The van der Waals surface area contributed by atoms with Gasteiger partial charge in [-0.2, -0.15) is 0 Å². The monoisotopic (exact) mass is 846 g/mol. The Morgan fingerprint density at radius 2 is 1.18 bits per heavy atom. The third kappa shape index (κ3) is 7.31. The number of hydrogen-bond donors (Lipinski definition) is 1. The number of rotatable bonds is 7. The second kappa shape index (κ2) is 15.8. The molecule has 0 spiro atoms. The standard InChI is InChI=1S/C59H53BN3O2/c1-38-30-46(45-33-40-37-64-54-24-16-17-25-55(54)65-56(40)36-50(45)61-41-18-10-7-11-19-41)57-53(31-38)63(51-35-48-47(32-39(51)2)58(3,4)28-29-59(48,5)6)52-34-44(26-27-49(52)60-57)62(42-20-12-8-13-21-42)43-22-14-9-15-23-43/h7-27,30-36,61H,28-29,37H2,1-6H3. The first-order chi connectivity index (χ1) is 31.5. The van der Waals surface area contributed by atoms with Crippen LogP contribution in [0.3, 0.4) is 0 Å². The minimum Gasteiger partial charge on any atom is -0.485 e. The Kier molecular flexibility index (Phi) is 9.87. The highest BCUT2D eigenvalue weighted by Gasteiger charge is 2.39. The molecule has 1 radical (unpaired) electrons. The van der Waals surface area contributed by atoms with E-state index in [9.17, 15) is 0 Å². The van der Waals surface area contributed by atoms with Crippen molar-refractivity contribution in [2.75, 3.05) is 15.1 Å². The number of fused-ring (bicyclic) bond motifs is 5. The van der Waals surface area contributed by atoms with Crippen molar-refractivity contribution in [1.82, 2.24) is 0 Å². The van der Waals surface area contributed by atoms with Gasteiger partial charge in [0.25, 0.3) is 0 Å². The molecule has 1 N–H and O–H groups in total. The van der Waals surface area contributed by atoms with Gasteiger partial charge in [0.15, 0.2) is 18.8 Å². The molecule has 319 valence electrons. The van der Waals surface area contributed by atoms with Gasteiger partial charge in [-0.3, -0.25) is 0 Å². The minimum absolute atomic E-state index is 0.0293. The first kappa shape index (κ1) is 40.6. The van der Waals surface area contributed by atoms with Crippen molar-refractivity contribution in [3.8, 4) is 28.4 Å². The van der Waals surface area contributed by atoms with Crippen LogP contribution in [0.2, 0.25) is 0 Å². The maximum absolute atomic E-state index is 6.63. The Bertz CT molecular complexity index is 3070. The van der Waals surface area contributed by atoms with Crippen molar-refractivity contribution in [2.24, 2.45) is 0 Å². The molecule has 1 aliphatic carbocycles. The zero-order valence-electron chi connectivity index (χ0n) is 38.1. The first-order valence-electron chi connectivity index (χ1n) is 22.9. The summed E-state index contributed by atoms with van der Waals surface area (Å²) >= 11 is 0. The molecular formula is C59H53BN3O2. The van der Waals surface area contributed by atoms with Crippen LogP contribution >= 0.6 is 0 Å². The summed E-state index contributed by atoms with van der Waals surface area (Å²) in [6.07, 6.45) is 2.31. The van der Waals surface area contributed by atoms with Crippen LogP contribution in [0.25, 0.3) is 11.1 Å². The van der Waals surface area contributed by atoms with Gasteiger partial charge in [-0.1, -0.05) is 118 Å². The summed E-state index contributed by atoms with van der Waals surface area (Å²) in [6, 6.07) is 60.8. The first-order valence-corrected chi connectivity index (χ1v) is 22.9. The van der Waals surface area contributed by atoms with Crippen LogP contribution in [-0.2, 0) is 17.4 Å². The van der Waals surface area contributed by atoms with Gasteiger partial charge in [0.1, 0.15) is 12.4 Å². The van der Waals surface area contributed by atoms with Crippen LogP contribution in [0.5, 0.6) is 17.2 Å². The summed E-state index contributed by atoms with van der Waals surface area (Å²) in [6.45, 7) is 14.6. The van der Waals surface area contributed by atoms with Crippen molar-refractivity contribution in [3.63, 3.8) is 0 Å². The van der Waals surface area contributed by atoms with Crippen molar-refractivity contribution in [1.29, 1.82) is 0 Å². The van der Waals surface area contributed by atoms with Crippen molar-refractivity contribution in [3.05, 3.63) is 198 Å². The van der Waals surface area contributed by atoms with Gasteiger partial charge in [-0.05, 0) is 150 Å². The lowest BCUT2D eigenvalue weighted by Crippen LogP contribution is -2.41. The summed E-state index contributed by atoms with van der Waals surface area (Å²) in [5.74, 6) is 2.22. The molecule has 0 unspecified atom stereocenters. The molecule has 2 heterocycles. The fourth-order valence-electron chi connectivity index (χ4n) is 10.2. The molecule has 0 amide bonds. The van der Waals surface area contributed by atoms with Crippen LogP contribution in [0.1, 0.15) is 68.4 Å². The van der Waals surface area contributed by atoms with Gasteiger partial charge in [0.05, 0.1) is 5.69 Å². The van der Waals surface area contributed by atoms with E-state index in [4.69, 9.17) is 9.47 Å². The van der Waals surface area contributed by atoms with E-state index in [-0.39, 0.29) is 10.8 Å². The second-order valence-corrected chi connectivity index (χ2v) is 19.3. The van der Waals surface area contributed by atoms with Gasteiger partial charge >= 0.3 is 0 Å². The highest BCUT2D eigenvalue weighted by Crippen LogP contribution is 2.51. The Hall–Kier alpha value is -7.18. The molecule has 8 aromatic carbocycles. The summed E-state index contributed by atoms with van der Waals surface area (Å²) in [5, 5.41) is 3.81. The average Bonchev–Trinajstić information content (AvgIpc) is 3.49. The number of aryl methyl sites for hydroxylation is 2. The van der Waals surface area contributed by atoms with E-state index >= 15 is 0 Å². The highest BCUT2D eigenvalue weighted by molar-refractivity contribution is 6.73. The number of para-hydroxylation sites is 5. The van der Waals surface area contributed by atoms with E-state index in [1.807, 2.05) is 30.3 Å². The van der Waals surface area contributed by atoms with Crippen LogP contribution < -0.4 is 35.5 Å². The summed E-state index contributed by atoms with van der Waals surface area (Å²) in [7, 11) is 2.40. The molecule has 0 saturated heterocycles. The average molecular weight is 847 g/mol. The molecule has 0 saturated carbocycles. The molecule has 6 heteroatoms. The van der Waals surface area contributed by atoms with Crippen molar-refractivity contribution >= 4 is 63.7 Å². The van der Waals surface area contributed by atoms with Gasteiger partial charge in [0, 0.05) is 57.0 Å². The van der Waals surface area contributed by atoms with Crippen molar-refractivity contribution in [2.45, 2.75) is 71.8 Å². The lowest BCUT2D eigenvalue weighted by atomic mass is 9.57. The molecule has 8 aromatic rings. The normalized spacial score (nSPS) is 15.0. The van der Waals surface area contributed by atoms with Crippen LogP contribution in [0.15, 0.2) is 170 Å². The minimum atomic E-state index is 0.0293. The molecule has 3 aliphatic rings. The van der Waals surface area contributed by atoms with E-state index in [2.05, 4.69) is 203 Å². The Morgan fingerprint density at radius 3 is 1.88 bits per heavy atom. The van der Waals surface area contributed by atoms with E-state index < -0.39 is 0 Å². The van der Waals surface area contributed by atoms with Crippen LogP contribution in [0.4, 0.5) is 45.5 Å². The summed E-state index contributed by atoms with van der Waals surface area (Å²) in [5.41, 5.74) is 19.7. The summed E-state index contributed by atoms with van der Waals surface area (Å²) < 4.78 is 13.0. The van der Waals surface area contributed by atoms with Crippen LogP contribution in [0, 0.1) is 13.8 Å². The van der Waals surface area contributed by atoms with Gasteiger partial charge in [0.2, 0.25) is 0 Å². The molecule has 2 aliphatic heterocycles. The lowest BCUT2D eigenvalue weighted by molar-refractivity contribution is 0.307. The number of nitrogens with one attached hydrogen (secondary N) is 1. The quantitative estimate of drug-likeness (QED) is 0.162. The smallest absolute Gasteiger partial charge is 0.197 e. The predicted molar refractivity (Wildman–Crippen MR) is 272 cm³/mol.